The van der Waals surface area contributed by atoms with E-state index in [1.165, 1.54) is 47.6 Å². The number of fused-ring (bicyclic) bond motifs is 11. The van der Waals surface area contributed by atoms with Crippen LogP contribution in [0, 0.1) is 0 Å². The summed E-state index contributed by atoms with van der Waals surface area (Å²) in [5.41, 5.74) is 10.6. The molecule has 0 saturated heterocycles. The largest absolute Gasteiger partial charge is 0.307 e. The van der Waals surface area contributed by atoms with Gasteiger partial charge in [0, 0.05) is 58.5 Å². The lowest BCUT2D eigenvalue weighted by Gasteiger charge is -2.42. The van der Waals surface area contributed by atoms with Crippen molar-refractivity contribution in [3.8, 4) is 34.4 Å². The Hall–Kier alpha value is -6.63. The van der Waals surface area contributed by atoms with E-state index in [2.05, 4.69) is 182 Å². The average molecular weight is 780 g/mol. The zero-order chi connectivity index (χ0) is 39.6. The molecule has 284 valence electrons. The summed E-state index contributed by atoms with van der Waals surface area (Å²) in [6.45, 7) is 9.67. The average Bonchev–Trinajstić information content (AvgIpc) is 3.93. The fraction of sp³-hybridized carbons (Fsp3) is 0.151. The van der Waals surface area contributed by atoms with Crippen molar-refractivity contribution in [2.45, 2.75) is 51.4 Å². The third kappa shape index (κ3) is 5.06. The molecule has 59 heavy (non-hydrogen) atoms. The first-order valence-electron chi connectivity index (χ1n) is 20.6. The predicted molar refractivity (Wildman–Crippen MR) is 248 cm³/mol. The van der Waals surface area contributed by atoms with Crippen LogP contribution in [-0.2, 0) is 10.8 Å². The molecule has 5 nitrogen and oxygen atoms in total. The minimum absolute atomic E-state index is 0.0625. The van der Waals surface area contributed by atoms with Crippen LogP contribution in [-0.4, -0.2) is 24.1 Å². The van der Waals surface area contributed by atoms with E-state index in [4.69, 9.17) is 15.0 Å². The first-order chi connectivity index (χ1) is 28.7. The van der Waals surface area contributed by atoms with E-state index >= 15 is 0 Å². The van der Waals surface area contributed by atoms with E-state index in [0.29, 0.717) is 17.6 Å². The molecule has 4 aromatic heterocycles. The van der Waals surface area contributed by atoms with Crippen molar-refractivity contribution in [3.05, 3.63) is 163 Å². The molecule has 6 heteroatoms. The zero-order valence-corrected chi connectivity index (χ0v) is 34.3. The molecule has 0 N–H and O–H groups in total. The van der Waals surface area contributed by atoms with Crippen molar-refractivity contribution in [1.82, 2.24) is 24.1 Å². The zero-order valence-electron chi connectivity index (χ0n) is 33.5. The molecular weight excluding hydrogens is 739 g/mol. The van der Waals surface area contributed by atoms with E-state index in [9.17, 15) is 0 Å². The SMILES string of the molecule is CC1(C)CCC(C)(C)c2cc3c(cc21)c1ccc2c4ccccc4n(-c4nc(-c5ccccc5)nc(-c5cccc6sc7ccccc7c56)n4)c2c1n3-c1ccccc1. The van der Waals surface area contributed by atoms with Gasteiger partial charge in [-0.2, -0.15) is 9.97 Å². The van der Waals surface area contributed by atoms with Gasteiger partial charge in [-0.25, -0.2) is 4.98 Å². The Bertz CT molecular complexity index is 3500. The highest BCUT2D eigenvalue weighted by molar-refractivity contribution is 7.25. The lowest BCUT2D eigenvalue weighted by Crippen LogP contribution is -2.33. The summed E-state index contributed by atoms with van der Waals surface area (Å²) in [4.78, 5) is 16.2. The number of aromatic nitrogens is 5. The van der Waals surface area contributed by atoms with Gasteiger partial charge in [-0.1, -0.05) is 137 Å². The van der Waals surface area contributed by atoms with E-state index < -0.39 is 0 Å². The second-order valence-corrected chi connectivity index (χ2v) is 18.6. The number of hydrogen-bond donors (Lipinski definition) is 0. The molecule has 0 radical (unpaired) electrons. The molecule has 0 unspecified atom stereocenters. The third-order valence-corrected chi connectivity index (χ3v) is 14.2. The van der Waals surface area contributed by atoms with Crippen molar-refractivity contribution < 1.29 is 0 Å². The number of thiophene rings is 1. The van der Waals surface area contributed by atoms with Crippen LogP contribution in [0.5, 0.6) is 0 Å². The van der Waals surface area contributed by atoms with Gasteiger partial charge in [0.1, 0.15) is 0 Å². The molecule has 0 aliphatic heterocycles. The van der Waals surface area contributed by atoms with Gasteiger partial charge in [0.25, 0.3) is 0 Å². The first-order valence-corrected chi connectivity index (χ1v) is 21.4. The molecule has 0 amide bonds. The van der Waals surface area contributed by atoms with E-state index in [1.54, 1.807) is 0 Å². The first kappa shape index (κ1) is 34.4. The van der Waals surface area contributed by atoms with E-state index in [-0.39, 0.29) is 10.8 Å². The maximum absolute atomic E-state index is 5.51. The van der Waals surface area contributed by atoms with Crippen LogP contribution in [0.1, 0.15) is 51.7 Å². The standard InChI is InChI=1S/C53H41N5S/c1-52(2)28-29-53(3,4)41-31-43-39(30-40(41)52)36-27-26-35-34-20-11-13-23-42(34)58(48(35)47(36)57(43)33-18-9-6-10-19-33)51-55-49(32-16-7-5-8-17-32)54-50(56-51)38-22-15-25-45-46(38)37-21-12-14-24-44(37)59-45/h5-27,30-31H,28-29H2,1-4H3. The topological polar surface area (TPSA) is 48.5 Å². The van der Waals surface area contributed by atoms with Gasteiger partial charge in [-0.05, 0) is 77.3 Å². The molecule has 4 heterocycles. The highest BCUT2D eigenvalue weighted by Crippen LogP contribution is 2.50. The monoisotopic (exact) mass is 779 g/mol. The van der Waals surface area contributed by atoms with E-state index in [0.717, 1.165) is 57.0 Å². The molecule has 1 aliphatic carbocycles. The molecule has 1 aliphatic rings. The lowest BCUT2D eigenvalue weighted by molar-refractivity contribution is 0.332. The number of para-hydroxylation sites is 2. The Labute approximate surface area is 346 Å². The van der Waals surface area contributed by atoms with Gasteiger partial charge in [-0.15, -0.1) is 11.3 Å². The Balaban J connectivity index is 1.25. The van der Waals surface area contributed by atoms with Crippen LogP contribution in [0.15, 0.2) is 152 Å². The highest BCUT2D eigenvalue weighted by atomic mass is 32.1. The molecule has 11 aromatic rings. The summed E-state index contributed by atoms with van der Waals surface area (Å²) < 4.78 is 7.27. The number of hydrogen-bond acceptors (Lipinski definition) is 4. The predicted octanol–water partition coefficient (Wildman–Crippen LogP) is 14.1. The minimum Gasteiger partial charge on any atom is -0.307 e. The molecule has 7 aromatic carbocycles. The number of rotatable bonds is 4. The fourth-order valence-corrected chi connectivity index (χ4v) is 11.1. The summed E-state index contributed by atoms with van der Waals surface area (Å²) in [5.74, 6) is 1.89. The maximum atomic E-state index is 5.51. The summed E-state index contributed by atoms with van der Waals surface area (Å²) in [6, 6.07) is 54.7. The van der Waals surface area contributed by atoms with Gasteiger partial charge in [0.05, 0.1) is 22.1 Å². The number of benzene rings is 7. The molecule has 0 atom stereocenters. The fourth-order valence-electron chi connectivity index (χ4n) is 9.92. The van der Waals surface area contributed by atoms with Gasteiger partial charge in [0.2, 0.25) is 5.95 Å². The molecule has 0 bridgehead atoms. The molecule has 12 rings (SSSR count). The van der Waals surface area contributed by atoms with Crippen molar-refractivity contribution in [2.24, 2.45) is 0 Å². The Morgan fingerprint density at radius 1 is 0.475 bits per heavy atom. The van der Waals surface area contributed by atoms with Crippen LogP contribution < -0.4 is 0 Å². The summed E-state index contributed by atoms with van der Waals surface area (Å²) in [7, 11) is 0. The van der Waals surface area contributed by atoms with E-state index in [1.807, 2.05) is 17.4 Å². The van der Waals surface area contributed by atoms with Gasteiger partial charge in [-0.3, -0.25) is 4.57 Å². The second-order valence-electron chi connectivity index (χ2n) is 17.5. The van der Waals surface area contributed by atoms with Gasteiger partial charge in [0.15, 0.2) is 11.6 Å². The number of nitrogens with zero attached hydrogens (tertiary/aromatic N) is 5. The van der Waals surface area contributed by atoms with Gasteiger partial charge < -0.3 is 4.57 Å². The van der Waals surface area contributed by atoms with Crippen molar-refractivity contribution in [2.75, 3.05) is 0 Å². The van der Waals surface area contributed by atoms with Crippen LogP contribution in [0.2, 0.25) is 0 Å². The van der Waals surface area contributed by atoms with Crippen molar-refractivity contribution in [3.63, 3.8) is 0 Å². The summed E-state index contributed by atoms with van der Waals surface area (Å²) >= 11 is 1.81. The van der Waals surface area contributed by atoms with Crippen molar-refractivity contribution in [1.29, 1.82) is 0 Å². The molecule has 0 fully saturated rings. The van der Waals surface area contributed by atoms with Crippen LogP contribution in [0.4, 0.5) is 0 Å². The smallest absolute Gasteiger partial charge is 0.238 e. The molecular formula is C53H41N5S. The van der Waals surface area contributed by atoms with Crippen molar-refractivity contribution >= 4 is 75.1 Å². The highest BCUT2D eigenvalue weighted by Gasteiger charge is 2.38. The second kappa shape index (κ2) is 12.4. The van der Waals surface area contributed by atoms with Crippen LogP contribution in [0.25, 0.3) is 98.2 Å². The minimum atomic E-state index is 0.0625. The maximum Gasteiger partial charge on any atom is 0.238 e. The summed E-state index contributed by atoms with van der Waals surface area (Å²) in [5, 5.41) is 7.19. The Kier molecular flexibility index (Phi) is 7.25. The van der Waals surface area contributed by atoms with Crippen LogP contribution >= 0.6 is 11.3 Å². The normalized spacial score (nSPS) is 14.9. The third-order valence-electron chi connectivity index (χ3n) is 13.0. The summed E-state index contributed by atoms with van der Waals surface area (Å²) in [6.07, 6.45) is 2.32. The lowest BCUT2D eigenvalue weighted by atomic mass is 9.63. The Morgan fingerprint density at radius 3 is 1.86 bits per heavy atom. The molecule has 0 saturated carbocycles. The molecule has 0 spiro atoms. The Morgan fingerprint density at radius 2 is 1.08 bits per heavy atom. The van der Waals surface area contributed by atoms with Crippen LogP contribution in [0.3, 0.4) is 0 Å². The van der Waals surface area contributed by atoms with Gasteiger partial charge >= 0.3 is 0 Å². The quantitative estimate of drug-likeness (QED) is 0.179.